The van der Waals surface area contributed by atoms with Crippen LogP contribution in [0.2, 0.25) is 10.0 Å². The van der Waals surface area contributed by atoms with E-state index in [1.54, 1.807) is 30.3 Å². The number of carboxylic acid groups (broad SMARTS) is 1. The number of para-hydroxylation sites is 1. The van der Waals surface area contributed by atoms with Crippen LogP contribution in [0.15, 0.2) is 42.5 Å². The Morgan fingerprint density at radius 1 is 1.15 bits per heavy atom. The van der Waals surface area contributed by atoms with Crippen LogP contribution in [0.25, 0.3) is 0 Å². The number of hydrogen-bond acceptors (Lipinski definition) is 6. The quantitative estimate of drug-likeness (QED) is 0.434. The zero-order valence-electron chi connectivity index (χ0n) is 17.4. The van der Waals surface area contributed by atoms with Gasteiger partial charge in [0.1, 0.15) is 12.1 Å². The van der Waals surface area contributed by atoms with Crippen molar-refractivity contribution in [3.05, 3.63) is 63.6 Å². The lowest BCUT2D eigenvalue weighted by Gasteiger charge is -2.23. The Hall–Kier alpha value is -2.75. The summed E-state index contributed by atoms with van der Waals surface area (Å²) in [5, 5.41) is 12.5. The number of carbonyl (C=O) groups is 4. The number of rotatable bonds is 7. The average molecular weight is 511 g/mol. The number of aliphatic carboxylic acids is 1. The van der Waals surface area contributed by atoms with E-state index in [2.05, 4.69) is 5.32 Å². The first-order chi connectivity index (χ1) is 15.7. The number of thioether (sulfide) groups is 1. The molecule has 1 fully saturated rings. The zero-order chi connectivity index (χ0) is 24.1. The van der Waals surface area contributed by atoms with Crippen LogP contribution >= 0.6 is 35.0 Å². The van der Waals surface area contributed by atoms with E-state index < -0.39 is 29.9 Å². The Morgan fingerprint density at radius 3 is 2.36 bits per heavy atom. The maximum absolute atomic E-state index is 12.6. The number of amides is 2. The lowest BCUT2D eigenvalue weighted by molar-refractivity contribution is -0.143. The van der Waals surface area contributed by atoms with Gasteiger partial charge in [-0.25, -0.2) is 9.59 Å². The topological polar surface area (TPSA) is 113 Å². The summed E-state index contributed by atoms with van der Waals surface area (Å²) in [6.45, 7) is 1.37. The number of ether oxygens (including phenoxy) is 1. The molecule has 2 N–H and O–H groups in total. The summed E-state index contributed by atoms with van der Waals surface area (Å²) in [7, 11) is 0. The Labute approximate surface area is 204 Å². The Balaban J connectivity index is 1.65. The first-order valence-corrected chi connectivity index (χ1v) is 11.7. The Kier molecular flexibility index (Phi) is 8.23. The predicted octanol–water partition coefficient (Wildman–Crippen LogP) is 3.25. The number of halogens is 2. The van der Waals surface area contributed by atoms with Crippen LogP contribution in [0.4, 0.5) is 0 Å². The molecule has 2 aromatic rings. The van der Waals surface area contributed by atoms with E-state index in [4.69, 9.17) is 27.9 Å². The second kappa shape index (κ2) is 10.9. The number of carboxylic acids is 1. The van der Waals surface area contributed by atoms with Crippen molar-refractivity contribution in [1.82, 2.24) is 10.2 Å². The van der Waals surface area contributed by atoms with Crippen molar-refractivity contribution in [3.8, 4) is 5.75 Å². The van der Waals surface area contributed by atoms with E-state index in [0.29, 0.717) is 17.2 Å². The highest BCUT2D eigenvalue weighted by molar-refractivity contribution is 7.99. The highest BCUT2D eigenvalue weighted by Gasteiger charge is 2.35. The molecule has 11 heteroatoms. The highest BCUT2D eigenvalue weighted by Crippen LogP contribution is 2.33. The average Bonchev–Trinajstić information content (AvgIpc) is 3.27. The summed E-state index contributed by atoms with van der Waals surface area (Å²) in [6, 6.07) is 8.90. The van der Waals surface area contributed by atoms with Crippen molar-refractivity contribution in [2.75, 3.05) is 11.6 Å². The van der Waals surface area contributed by atoms with Crippen LogP contribution < -0.4 is 10.1 Å². The van der Waals surface area contributed by atoms with E-state index in [1.165, 1.54) is 35.7 Å². The SMILES string of the molecule is CC(=O)N1CSCC1C(=O)N[C@@H](Cc1ccc(C(=O)Oc2c(Cl)cccc2Cl)cc1)C(=O)O. The fraction of sp³-hybridized carbons (Fsp3) is 0.273. The normalized spacial score (nSPS) is 16.2. The van der Waals surface area contributed by atoms with E-state index in [1.807, 2.05) is 0 Å². The highest BCUT2D eigenvalue weighted by atomic mass is 35.5. The van der Waals surface area contributed by atoms with Gasteiger partial charge in [0.25, 0.3) is 0 Å². The van der Waals surface area contributed by atoms with E-state index >= 15 is 0 Å². The molecule has 0 aromatic heterocycles. The lowest BCUT2D eigenvalue weighted by Crippen LogP contribution is -2.52. The van der Waals surface area contributed by atoms with Crippen LogP contribution in [0, 0.1) is 0 Å². The first kappa shape index (κ1) is 24.9. The Bertz CT molecular complexity index is 1060. The van der Waals surface area contributed by atoms with Gasteiger partial charge in [0.15, 0.2) is 5.75 Å². The molecule has 2 atom stereocenters. The number of carbonyl (C=O) groups excluding carboxylic acids is 3. The fourth-order valence-electron chi connectivity index (χ4n) is 3.18. The van der Waals surface area contributed by atoms with Crippen molar-refractivity contribution >= 4 is 58.7 Å². The molecule has 0 spiro atoms. The van der Waals surface area contributed by atoms with Gasteiger partial charge in [-0.3, -0.25) is 9.59 Å². The smallest absolute Gasteiger partial charge is 0.343 e. The molecule has 3 rings (SSSR count). The zero-order valence-corrected chi connectivity index (χ0v) is 19.7. The third-order valence-corrected chi connectivity index (χ3v) is 6.55. The van der Waals surface area contributed by atoms with Gasteiger partial charge in [0.2, 0.25) is 11.8 Å². The monoisotopic (exact) mass is 510 g/mol. The van der Waals surface area contributed by atoms with Gasteiger partial charge in [-0.15, -0.1) is 11.8 Å². The third kappa shape index (κ3) is 6.19. The number of hydrogen-bond donors (Lipinski definition) is 2. The van der Waals surface area contributed by atoms with Gasteiger partial charge in [0, 0.05) is 19.1 Å². The molecular weight excluding hydrogens is 491 g/mol. The minimum absolute atomic E-state index is 0.00727. The van der Waals surface area contributed by atoms with Gasteiger partial charge in [-0.05, 0) is 29.8 Å². The van der Waals surface area contributed by atoms with Crippen LogP contribution in [0.3, 0.4) is 0 Å². The second-order valence-corrected chi connectivity index (χ2v) is 9.06. The predicted molar refractivity (Wildman–Crippen MR) is 125 cm³/mol. The van der Waals surface area contributed by atoms with E-state index in [-0.39, 0.29) is 33.7 Å². The molecule has 0 saturated carbocycles. The summed E-state index contributed by atoms with van der Waals surface area (Å²) in [6.07, 6.45) is -0.00727. The van der Waals surface area contributed by atoms with Crippen LogP contribution in [-0.4, -0.2) is 57.5 Å². The van der Waals surface area contributed by atoms with E-state index in [9.17, 15) is 24.3 Å². The summed E-state index contributed by atoms with van der Waals surface area (Å²) >= 11 is 13.5. The summed E-state index contributed by atoms with van der Waals surface area (Å²) in [4.78, 5) is 49.8. The molecule has 1 unspecified atom stereocenters. The molecule has 1 heterocycles. The molecule has 2 aromatic carbocycles. The minimum Gasteiger partial charge on any atom is -0.480 e. The summed E-state index contributed by atoms with van der Waals surface area (Å²) in [5.74, 6) is -1.80. The van der Waals surface area contributed by atoms with Gasteiger partial charge >= 0.3 is 11.9 Å². The fourth-order valence-corrected chi connectivity index (χ4v) is 4.88. The molecule has 1 aliphatic heterocycles. The van der Waals surface area contributed by atoms with Crippen molar-refractivity contribution < 1.29 is 29.0 Å². The largest absolute Gasteiger partial charge is 0.480 e. The molecule has 0 radical (unpaired) electrons. The van der Waals surface area contributed by atoms with Crippen LogP contribution in [0.1, 0.15) is 22.8 Å². The number of nitrogens with one attached hydrogen (secondary N) is 1. The van der Waals surface area contributed by atoms with Crippen LogP contribution in [0.5, 0.6) is 5.75 Å². The van der Waals surface area contributed by atoms with Gasteiger partial charge in [-0.2, -0.15) is 0 Å². The second-order valence-electron chi connectivity index (χ2n) is 7.25. The molecule has 33 heavy (non-hydrogen) atoms. The van der Waals surface area contributed by atoms with Crippen molar-refractivity contribution in [2.45, 2.75) is 25.4 Å². The van der Waals surface area contributed by atoms with Crippen molar-refractivity contribution in [3.63, 3.8) is 0 Å². The standard InChI is InChI=1S/C22H20Cl2N2O6S/c1-12(27)26-11-33-10-18(26)20(28)25-17(21(29)30)9-13-5-7-14(8-6-13)22(31)32-19-15(23)3-2-4-16(19)24/h2-8,17-18H,9-11H2,1H3,(H,25,28)(H,29,30)/t17-,18?/m0/s1. The molecule has 174 valence electrons. The summed E-state index contributed by atoms with van der Waals surface area (Å²) in [5.41, 5.74) is 0.796. The molecular formula is C22H20Cl2N2O6S. The molecule has 1 aliphatic rings. The minimum atomic E-state index is -1.21. The van der Waals surface area contributed by atoms with Gasteiger partial charge in [0.05, 0.1) is 21.5 Å². The van der Waals surface area contributed by atoms with Crippen molar-refractivity contribution in [1.29, 1.82) is 0 Å². The van der Waals surface area contributed by atoms with Crippen LogP contribution in [-0.2, 0) is 20.8 Å². The maximum Gasteiger partial charge on any atom is 0.343 e. The number of esters is 1. The molecule has 2 amide bonds. The number of nitrogens with zero attached hydrogens (tertiary/aromatic N) is 1. The number of benzene rings is 2. The molecule has 1 saturated heterocycles. The first-order valence-electron chi connectivity index (χ1n) is 9.80. The molecule has 0 aliphatic carbocycles. The van der Waals surface area contributed by atoms with Gasteiger partial charge < -0.3 is 20.1 Å². The summed E-state index contributed by atoms with van der Waals surface area (Å²) < 4.78 is 5.27. The Morgan fingerprint density at radius 2 is 1.79 bits per heavy atom. The van der Waals surface area contributed by atoms with Gasteiger partial charge in [-0.1, -0.05) is 41.4 Å². The lowest BCUT2D eigenvalue weighted by atomic mass is 10.0. The van der Waals surface area contributed by atoms with E-state index in [0.717, 1.165) is 0 Å². The third-order valence-electron chi connectivity index (χ3n) is 4.95. The maximum atomic E-state index is 12.6. The molecule has 8 nitrogen and oxygen atoms in total. The molecule has 0 bridgehead atoms. The van der Waals surface area contributed by atoms with Crippen molar-refractivity contribution in [2.24, 2.45) is 0 Å².